The Morgan fingerprint density at radius 3 is 2.41 bits per heavy atom. The summed E-state index contributed by atoms with van der Waals surface area (Å²) in [7, 11) is 0. The van der Waals surface area contributed by atoms with Gasteiger partial charge in [-0.2, -0.15) is 4.99 Å². The van der Waals surface area contributed by atoms with Gasteiger partial charge in [0.2, 0.25) is 0 Å². The zero-order chi connectivity index (χ0) is 10.8. The highest BCUT2D eigenvalue weighted by Gasteiger charge is 2.07. The number of nitrogens with two attached hydrogens (primary N) is 2. The van der Waals surface area contributed by atoms with E-state index < -0.39 is 5.91 Å². The van der Waals surface area contributed by atoms with Crippen LogP contribution < -0.4 is 11.5 Å². The molecule has 0 aliphatic heterocycles. The number of hydrogen-bond donors (Lipinski definition) is 3. The fourth-order valence-electron chi connectivity index (χ4n) is 1.37. The van der Waals surface area contributed by atoms with Gasteiger partial charge in [0.05, 0.1) is 0 Å². The number of aromatic amines is 1. The lowest BCUT2D eigenvalue weighted by molar-refractivity contribution is 0.0999. The molecule has 0 radical (unpaired) electrons. The highest BCUT2D eigenvalue weighted by molar-refractivity contribution is 6.03. The molecule has 1 heterocycles. The van der Waals surface area contributed by atoms with E-state index in [0.29, 0.717) is 5.69 Å². The van der Waals surface area contributed by atoms with Gasteiger partial charge in [-0.3, -0.25) is 4.79 Å². The van der Waals surface area contributed by atoms with E-state index >= 15 is 0 Å². The second-order valence-electron chi connectivity index (χ2n) is 3.11. The molecule has 0 aliphatic carbocycles. The van der Waals surface area contributed by atoms with Crippen molar-refractivity contribution in [2.24, 2.45) is 16.5 Å². The molecule has 0 saturated heterocycles. The SMILES string of the molecule is Cl.Cl.NC(N)=NC(=O)c1cc2ccccc2[nH]1. The van der Waals surface area contributed by atoms with Gasteiger partial charge in [-0.05, 0) is 12.1 Å². The van der Waals surface area contributed by atoms with Gasteiger partial charge in [-0.25, -0.2) is 0 Å². The van der Waals surface area contributed by atoms with Crippen molar-refractivity contribution >= 4 is 47.6 Å². The van der Waals surface area contributed by atoms with E-state index in [-0.39, 0.29) is 30.8 Å². The number of guanidine groups is 1. The summed E-state index contributed by atoms with van der Waals surface area (Å²) in [5.41, 5.74) is 11.5. The van der Waals surface area contributed by atoms with E-state index in [1.54, 1.807) is 6.07 Å². The number of nitrogens with one attached hydrogen (secondary N) is 1. The number of benzene rings is 1. The minimum Gasteiger partial charge on any atom is -0.370 e. The number of carbonyl (C=O) groups excluding carboxylic acids is 1. The van der Waals surface area contributed by atoms with Crippen molar-refractivity contribution < 1.29 is 4.79 Å². The average molecular weight is 275 g/mol. The summed E-state index contributed by atoms with van der Waals surface area (Å²) in [6.45, 7) is 0. The summed E-state index contributed by atoms with van der Waals surface area (Å²) >= 11 is 0. The zero-order valence-electron chi connectivity index (χ0n) is 8.71. The van der Waals surface area contributed by atoms with Crippen molar-refractivity contribution in [1.29, 1.82) is 0 Å². The number of aromatic nitrogens is 1. The van der Waals surface area contributed by atoms with Crippen LogP contribution >= 0.6 is 24.8 Å². The third-order valence-corrected chi connectivity index (χ3v) is 1.99. The van der Waals surface area contributed by atoms with Crippen molar-refractivity contribution in [2.75, 3.05) is 0 Å². The molecule has 0 bridgehead atoms. The minimum absolute atomic E-state index is 0. The summed E-state index contributed by atoms with van der Waals surface area (Å²) in [4.78, 5) is 17.8. The minimum atomic E-state index is -0.466. The van der Waals surface area contributed by atoms with Crippen molar-refractivity contribution in [2.45, 2.75) is 0 Å². The van der Waals surface area contributed by atoms with Crippen LogP contribution in [0.5, 0.6) is 0 Å². The molecule has 2 aromatic rings. The van der Waals surface area contributed by atoms with Crippen LogP contribution in [0.25, 0.3) is 10.9 Å². The fraction of sp³-hybridized carbons (Fsp3) is 0. The Kier molecular flexibility index (Phi) is 5.50. The molecule has 5 N–H and O–H groups in total. The maximum absolute atomic E-state index is 11.4. The first-order valence-corrected chi connectivity index (χ1v) is 4.38. The Hall–Kier alpha value is -1.72. The number of para-hydroxylation sites is 1. The van der Waals surface area contributed by atoms with E-state index in [2.05, 4.69) is 9.98 Å². The highest BCUT2D eigenvalue weighted by Crippen LogP contribution is 2.14. The lowest BCUT2D eigenvalue weighted by atomic mass is 10.2. The Bertz CT molecular complexity index is 513. The largest absolute Gasteiger partial charge is 0.370 e. The zero-order valence-corrected chi connectivity index (χ0v) is 10.3. The van der Waals surface area contributed by atoms with Gasteiger partial charge in [0.25, 0.3) is 5.91 Å². The molecule has 17 heavy (non-hydrogen) atoms. The number of rotatable bonds is 1. The smallest absolute Gasteiger partial charge is 0.296 e. The fourth-order valence-corrected chi connectivity index (χ4v) is 1.37. The molecule has 1 amide bonds. The third-order valence-electron chi connectivity index (χ3n) is 1.99. The number of amides is 1. The summed E-state index contributed by atoms with van der Waals surface area (Å²) in [6.07, 6.45) is 0. The lowest BCUT2D eigenvalue weighted by Crippen LogP contribution is -2.24. The summed E-state index contributed by atoms with van der Waals surface area (Å²) in [5.74, 6) is -0.704. The van der Waals surface area contributed by atoms with Gasteiger partial charge < -0.3 is 16.5 Å². The molecule has 92 valence electrons. The Balaban J connectivity index is 0.00000128. The number of H-pyrrole nitrogens is 1. The molecule has 1 aromatic carbocycles. The maximum atomic E-state index is 11.4. The summed E-state index contributed by atoms with van der Waals surface area (Å²) in [6, 6.07) is 9.27. The number of halogens is 2. The molecule has 0 spiro atoms. The average Bonchev–Trinajstić information content (AvgIpc) is 2.59. The second kappa shape index (κ2) is 6.12. The van der Waals surface area contributed by atoms with E-state index in [1.807, 2.05) is 24.3 Å². The number of nitrogens with zero attached hydrogens (tertiary/aromatic N) is 1. The first-order chi connectivity index (χ1) is 7.16. The summed E-state index contributed by atoms with van der Waals surface area (Å²) in [5, 5.41) is 0.951. The second-order valence-corrected chi connectivity index (χ2v) is 3.11. The van der Waals surface area contributed by atoms with E-state index in [9.17, 15) is 4.79 Å². The predicted octanol–water partition coefficient (Wildman–Crippen LogP) is 1.43. The maximum Gasteiger partial charge on any atom is 0.296 e. The predicted molar refractivity (Wildman–Crippen MR) is 72.9 cm³/mol. The van der Waals surface area contributed by atoms with Crippen LogP contribution in [0.4, 0.5) is 0 Å². The van der Waals surface area contributed by atoms with Gasteiger partial charge in [-0.1, -0.05) is 18.2 Å². The molecule has 5 nitrogen and oxygen atoms in total. The number of hydrogen-bond acceptors (Lipinski definition) is 1. The van der Waals surface area contributed by atoms with Crippen LogP contribution in [-0.4, -0.2) is 16.9 Å². The van der Waals surface area contributed by atoms with Crippen LogP contribution in [0.15, 0.2) is 35.3 Å². The lowest BCUT2D eigenvalue weighted by Gasteiger charge is -1.90. The molecule has 0 fully saturated rings. The van der Waals surface area contributed by atoms with Crippen molar-refractivity contribution in [3.63, 3.8) is 0 Å². The van der Waals surface area contributed by atoms with Gasteiger partial charge >= 0.3 is 0 Å². The van der Waals surface area contributed by atoms with E-state index in [4.69, 9.17) is 11.5 Å². The molecular weight excluding hydrogens is 263 g/mol. The Morgan fingerprint density at radius 2 is 1.82 bits per heavy atom. The Labute approximate surface area is 110 Å². The van der Waals surface area contributed by atoms with Gasteiger partial charge in [-0.15, -0.1) is 24.8 Å². The standard InChI is InChI=1S/C10H10N4O.2ClH/c11-10(12)14-9(15)8-5-6-3-1-2-4-7(6)13-8;;/h1-5,13H,(H4,11,12,14,15);2*1H. The van der Waals surface area contributed by atoms with E-state index in [1.165, 1.54) is 0 Å². The molecular formula is C10H12Cl2N4O. The van der Waals surface area contributed by atoms with Gasteiger partial charge in [0, 0.05) is 10.9 Å². The number of aliphatic imine (C=N–C) groups is 1. The van der Waals surface area contributed by atoms with Crippen molar-refractivity contribution in [1.82, 2.24) is 4.98 Å². The third kappa shape index (κ3) is 3.37. The molecule has 7 heteroatoms. The van der Waals surface area contributed by atoms with Crippen LogP contribution in [-0.2, 0) is 0 Å². The van der Waals surface area contributed by atoms with Crippen LogP contribution in [0, 0.1) is 0 Å². The first-order valence-electron chi connectivity index (χ1n) is 4.38. The van der Waals surface area contributed by atoms with E-state index in [0.717, 1.165) is 10.9 Å². The quantitative estimate of drug-likeness (QED) is 0.542. The number of fused-ring (bicyclic) bond motifs is 1. The molecule has 2 rings (SSSR count). The molecule has 0 saturated carbocycles. The monoisotopic (exact) mass is 274 g/mol. The molecule has 0 atom stereocenters. The summed E-state index contributed by atoms with van der Waals surface area (Å²) < 4.78 is 0. The van der Waals surface area contributed by atoms with Crippen LogP contribution in [0.2, 0.25) is 0 Å². The van der Waals surface area contributed by atoms with Crippen molar-refractivity contribution in [3.8, 4) is 0 Å². The van der Waals surface area contributed by atoms with Crippen LogP contribution in [0.3, 0.4) is 0 Å². The molecule has 0 unspecified atom stereocenters. The number of carbonyl (C=O) groups is 1. The van der Waals surface area contributed by atoms with Gasteiger partial charge in [0.15, 0.2) is 5.96 Å². The Morgan fingerprint density at radius 1 is 1.18 bits per heavy atom. The topological polar surface area (TPSA) is 97.3 Å². The molecule has 0 aliphatic rings. The molecule has 1 aromatic heterocycles. The first kappa shape index (κ1) is 15.3. The van der Waals surface area contributed by atoms with Gasteiger partial charge in [0.1, 0.15) is 5.69 Å². The highest BCUT2D eigenvalue weighted by atomic mass is 35.5. The normalized spacial score (nSPS) is 8.94. The van der Waals surface area contributed by atoms with Crippen molar-refractivity contribution in [3.05, 3.63) is 36.0 Å². The van der Waals surface area contributed by atoms with Crippen LogP contribution in [0.1, 0.15) is 10.5 Å².